The molecule has 1 rings (SSSR count). The van der Waals surface area contributed by atoms with Crippen LogP contribution >= 0.6 is 15.9 Å². The topological polar surface area (TPSA) is 78.4 Å². The van der Waals surface area contributed by atoms with Gasteiger partial charge in [-0.15, -0.1) is 0 Å². The van der Waals surface area contributed by atoms with E-state index in [4.69, 9.17) is 5.11 Å². The molecule has 0 fully saturated rings. The first-order valence-corrected chi connectivity index (χ1v) is 6.23. The number of hydrogen-bond donors (Lipinski definition) is 3. The summed E-state index contributed by atoms with van der Waals surface area (Å²) in [6.45, 7) is 3.96. The molecule has 98 valence electrons. The average Bonchev–Trinajstić information content (AvgIpc) is 2.22. The van der Waals surface area contributed by atoms with Gasteiger partial charge < -0.3 is 15.7 Å². The summed E-state index contributed by atoms with van der Waals surface area (Å²) in [5.41, 5.74) is 2.72. The van der Waals surface area contributed by atoms with E-state index in [1.54, 1.807) is 0 Å². The normalized spacial score (nSPS) is 9.94. The van der Waals surface area contributed by atoms with Crippen molar-refractivity contribution in [2.75, 3.05) is 11.9 Å². The molecule has 1 aromatic rings. The fourth-order valence-electron chi connectivity index (χ4n) is 1.51. The second-order valence-electron chi connectivity index (χ2n) is 3.96. The summed E-state index contributed by atoms with van der Waals surface area (Å²) >= 11 is 3.38. The Kier molecular flexibility index (Phi) is 5.15. The van der Waals surface area contributed by atoms with Crippen molar-refractivity contribution in [1.29, 1.82) is 0 Å². The number of carboxylic acids is 1. The summed E-state index contributed by atoms with van der Waals surface area (Å²) in [5.74, 6) is -0.942. The minimum atomic E-state index is -0.942. The van der Waals surface area contributed by atoms with E-state index in [0.29, 0.717) is 5.69 Å². The molecule has 3 N–H and O–H groups in total. The summed E-state index contributed by atoms with van der Waals surface area (Å²) in [5, 5.41) is 13.6. The smallest absolute Gasteiger partial charge is 0.319 e. The predicted molar refractivity (Wildman–Crippen MR) is 72.9 cm³/mol. The van der Waals surface area contributed by atoms with Crippen molar-refractivity contribution in [2.24, 2.45) is 0 Å². The van der Waals surface area contributed by atoms with E-state index in [1.807, 2.05) is 26.0 Å². The Hall–Kier alpha value is -1.56. The maximum atomic E-state index is 11.5. The Balaban J connectivity index is 2.62. The van der Waals surface area contributed by atoms with E-state index in [-0.39, 0.29) is 13.0 Å². The Morgan fingerprint density at radius 1 is 1.33 bits per heavy atom. The molecular formula is C12H15BrN2O3. The molecule has 0 heterocycles. The number of rotatable bonds is 4. The summed E-state index contributed by atoms with van der Waals surface area (Å²) in [6, 6.07) is 3.45. The van der Waals surface area contributed by atoms with Gasteiger partial charge >= 0.3 is 12.0 Å². The third-order valence-corrected chi connectivity index (χ3v) is 2.92. The Morgan fingerprint density at radius 3 is 2.56 bits per heavy atom. The second kappa shape index (κ2) is 6.39. The number of nitrogens with one attached hydrogen (secondary N) is 2. The monoisotopic (exact) mass is 314 g/mol. The number of carboxylic acid groups (broad SMARTS) is 1. The third-order valence-electron chi connectivity index (χ3n) is 2.29. The quantitative estimate of drug-likeness (QED) is 0.799. The third kappa shape index (κ3) is 4.37. The van der Waals surface area contributed by atoms with Crippen LogP contribution in [0.2, 0.25) is 0 Å². The number of carbonyl (C=O) groups is 2. The Morgan fingerprint density at radius 2 is 2.00 bits per heavy atom. The van der Waals surface area contributed by atoms with Gasteiger partial charge in [0.15, 0.2) is 0 Å². The number of carbonyl (C=O) groups excluding carboxylic acids is 1. The molecule has 0 aromatic heterocycles. The molecular weight excluding hydrogens is 300 g/mol. The van der Waals surface area contributed by atoms with Crippen molar-refractivity contribution in [3.05, 3.63) is 27.7 Å². The molecule has 0 saturated carbocycles. The average molecular weight is 315 g/mol. The standard InChI is InChI=1S/C12H15BrN2O3/c1-7-5-8(2)11(9(13)6-7)15-12(18)14-4-3-10(16)17/h5-6H,3-4H2,1-2H3,(H,16,17)(H2,14,15,18). The van der Waals surface area contributed by atoms with Crippen molar-refractivity contribution >= 4 is 33.6 Å². The van der Waals surface area contributed by atoms with Gasteiger partial charge in [0.1, 0.15) is 0 Å². The molecule has 5 nitrogen and oxygen atoms in total. The van der Waals surface area contributed by atoms with E-state index in [1.165, 1.54) is 0 Å². The number of aryl methyl sites for hydroxylation is 2. The van der Waals surface area contributed by atoms with Crippen LogP contribution in [0.15, 0.2) is 16.6 Å². The lowest BCUT2D eigenvalue weighted by Crippen LogP contribution is -2.31. The van der Waals surface area contributed by atoms with Gasteiger partial charge in [0, 0.05) is 11.0 Å². The lowest BCUT2D eigenvalue weighted by atomic mass is 10.1. The maximum Gasteiger partial charge on any atom is 0.319 e. The minimum absolute atomic E-state index is 0.0958. The molecule has 0 aliphatic heterocycles. The largest absolute Gasteiger partial charge is 0.481 e. The summed E-state index contributed by atoms with van der Waals surface area (Å²) in [7, 11) is 0. The van der Waals surface area contributed by atoms with E-state index >= 15 is 0 Å². The van der Waals surface area contributed by atoms with Crippen molar-refractivity contribution in [3.63, 3.8) is 0 Å². The number of anilines is 1. The zero-order chi connectivity index (χ0) is 13.7. The maximum absolute atomic E-state index is 11.5. The molecule has 0 radical (unpaired) electrons. The van der Waals surface area contributed by atoms with Crippen LogP contribution in [0.25, 0.3) is 0 Å². The van der Waals surface area contributed by atoms with E-state index in [9.17, 15) is 9.59 Å². The molecule has 0 saturated heterocycles. The van der Waals surface area contributed by atoms with Gasteiger partial charge in [0.05, 0.1) is 12.1 Å². The second-order valence-corrected chi connectivity index (χ2v) is 4.82. The fraction of sp³-hybridized carbons (Fsp3) is 0.333. The molecule has 0 aliphatic rings. The minimum Gasteiger partial charge on any atom is -0.481 e. The van der Waals surface area contributed by atoms with Gasteiger partial charge in [0.2, 0.25) is 0 Å². The van der Waals surface area contributed by atoms with Gasteiger partial charge in [-0.05, 0) is 47.0 Å². The molecule has 0 spiro atoms. The molecule has 18 heavy (non-hydrogen) atoms. The van der Waals surface area contributed by atoms with Gasteiger partial charge in [-0.3, -0.25) is 4.79 Å². The van der Waals surface area contributed by atoms with Crippen LogP contribution in [0.5, 0.6) is 0 Å². The summed E-state index contributed by atoms with van der Waals surface area (Å²) in [6.07, 6.45) is -0.0958. The van der Waals surface area contributed by atoms with Crippen molar-refractivity contribution in [1.82, 2.24) is 5.32 Å². The SMILES string of the molecule is Cc1cc(C)c(NC(=O)NCCC(=O)O)c(Br)c1. The highest BCUT2D eigenvalue weighted by Crippen LogP contribution is 2.27. The number of amides is 2. The predicted octanol–water partition coefficient (Wildman–Crippen LogP) is 2.66. The van der Waals surface area contributed by atoms with Crippen LogP contribution in [0.3, 0.4) is 0 Å². The van der Waals surface area contributed by atoms with Gasteiger partial charge in [0.25, 0.3) is 0 Å². The van der Waals surface area contributed by atoms with Crippen LogP contribution in [0.1, 0.15) is 17.5 Å². The van der Waals surface area contributed by atoms with E-state index < -0.39 is 12.0 Å². The molecule has 0 atom stereocenters. The van der Waals surface area contributed by atoms with Crippen LogP contribution in [-0.2, 0) is 4.79 Å². The molecule has 2 amide bonds. The van der Waals surface area contributed by atoms with E-state index in [0.717, 1.165) is 15.6 Å². The lowest BCUT2D eigenvalue weighted by molar-refractivity contribution is -0.136. The van der Waals surface area contributed by atoms with Crippen LogP contribution in [0, 0.1) is 13.8 Å². The molecule has 6 heteroatoms. The zero-order valence-corrected chi connectivity index (χ0v) is 11.8. The zero-order valence-electron chi connectivity index (χ0n) is 10.2. The van der Waals surface area contributed by atoms with Crippen molar-refractivity contribution in [2.45, 2.75) is 20.3 Å². The Bertz CT molecular complexity index is 451. The molecule has 0 aliphatic carbocycles. The van der Waals surface area contributed by atoms with Gasteiger partial charge in [-0.1, -0.05) is 6.07 Å². The summed E-state index contributed by atoms with van der Waals surface area (Å²) < 4.78 is 0.799. The van der Waals surface area contributed by atoms with Gasteiger partial charge in [-0.25, -0.2) is 4.79 Å². The number of aliphatic carboxylic acids is 1. The van der Waals surface area contributed by atoms with Crippen LogP contribution < -0.4 is 10.6 Å². The molecule has 0 bridgehead atoms. The van der Waals surface area contributed by atoms with Crippen LogP contribution in [0.4, 0.5) is 10.5 Å². The first kappa shape index (κ1) is 14.5. The van der Waals surface area contributed by atoms with Crippen molar-refractivity contribution in [3.8, 4) is 0 Å². The number of urea groups is 1. The molecule has 0 unspecified atom stereocenters. The summed E-state index contributed by atoms with van der Waals surface area (Å²) in [4.78, 5) is 21.9. The number of hydrogen-bond acceptors (Lipinski definition) is 2. The highest BCUT2D eigenvalue weighted by atomic mass is 79.9. The first-order valence-electron chi connectivity index (χ1n) is 5.43. The number of benzene rings is 1. The number of halogens is 1. The highest BCUT2D eigenvalue weighted by Gasteiger charge is 2.09. The highest BCUT2D eigenvalue weighted by molar-refractivity contribution is 9.10. The van der Waals surface area contributed by atoms with Crippen molar-refractivity contribution < 1.29 is 14.7 Å². The first-order chi connectivity index (χ1) is 8.40. The molecule has 1 aromatic carbocycles. The Labute approximate surface area is 114 Å². The van der Waals surface area contributed by atoms with E-state index in [2.05, 4.69) is 26.6 Å². The lowest BCUT2D eigenvalue weighted by Gasteiger charge is -2.12. The van der Waals surface area contributed by atoms with Crippen LogP contribution in [-0.4, -0.2) is 23.7 Å². The van der Waals surface area contributed by atoms with Gasteiger partial charge in [-0.2, -0.15) is 0 Å². The fourth-order valence-corrected chi connectivity index (χ4v) is 2.29.